The zero-order chi connectivity index (χ0) is 17.9. The quantitative estimate of drug-likeness (QED) is 0.597. The molecule has 4 aromatic rings. The van der Waals surface area contributed by atoms with E-state index in [2.05, 4.69) is 39.4 Å². The van der Waals surface area contributed by atoms with Gasteiger partial charge in [0, 0.05) is 12.7 Å². The van der Waals surface area contributed by atoms with Gasteiger partial charge in [-0.1, -0.05) is 24.3 Å². The number of anilines is 1. The van der Waals surface area contributed by atoms with Crippen molar-refractivity contribution in [3.05, 3.63) is 72.1 Å². The van der Waals surface area contributed by atoms with Crippen molar-refractivity contribution in [1.29, 1.82) is 0 Å². The first-order chi connectivity index (χ1) is 12.7. The summed E-state index contributed by atoms with van der Waals surface area (Å²) < 4.78 is 7.02. The van der Waals surface area contributed by atoms with Gasteiger partial charge in [-0.2, -0.15) is 10.1 Å². The lowest BCUT2D eigenvalue weighted by atomic mass is 10.2. The molecule has 4 rings (SSSR count). The fourth-order valence-corrected chi connectivity index (χ4v) is 2.78. The molecule has 0 bridgehead atoms. The number of hydrogen-bond acceptors (Lipinski definition) is 5. The first-order valence-electron chi connectivity index (χ1n) is 8.37. The third kappa shape index (κ3) is 3.21. The number of aromatic nitrogens is 4. The van der Waals surface area contributed by atoms with Gasteiger partial charge in [0.2, 0.25) is 5.95 Å². The van der Waals surface area contributed by atoms with E-state index in [4.69, 9.17) is 4.74 Å². The van der Waals surface area contributed by atoms with Crippen LogP contribution in [0.2, 0.25) is 0 Å². The summed E-state index contributed by atoms with van der Waals surface area (Å²) >= 11 is 0. The van der Waals surface area contributed by atoms with Gasteiger partial charge in [0.05, 0.1) is 24.4 Å². The van der Waals surface area contributed by atoms with Crippen LogP contribution in [0.1, 0.15) is 11.1 Å². The normalized spacial score (nSPS) is 10.8. The van der Waals surface area contributed by atoms with Crippen molar-refractivity contribution in [2.45, 2.75) is 13.5 Å². The predicted molar refractivity (Wildman–Crippen MR) is 102 cm³/mol. The lowest BCUT2D eigenvalue weighted by molar-refractivity contribution is 0.414. The number of aryl methyl sites for hydroxylation is 1. The minimum absolute atomic E-state index is 0.572. The second-order valence-corrected chi connectivity index (χ2v) is 6.07. The van der Waals surface area contributed by atoms with Crippen LogP contribution in [0.15, 0.2) is 60.9 Å². The van der Waals surface area contributed by atoms with Gasteiger partial charge in [0.25, 0.3) is 0 Å². The van der Waals surface area contributed by atoms with E-state index in [-0.39, 0.29) is 0 Å². The van der Waals surface area contributed by atoms with Crippen molar-refractivity contribution in [3.8, 4) is 11.4 Å². The average molecular weight is 345 g/mol. The number of hydrogen-bond donors (Lipinski definition) is 1. The van der Waals surface area contributed by atoms with Gasteiger partial charge in [0.15, 0.2) is 5.65 Å². The summed E-state index contributed by atoms with van der Waals surface area (Å²) in [7, 11) is 1.66. The Morgan fingerprint density at radius 3 is 2.69 bits per heavy atom. The molecule has 0 spiro atoms. The highest BCUT2D eigenvalue weighted by Gasteiger charge is 2.08. The maximum atomic E-state index is 5.18. The summed E-state index contributed by atoms with van der Waals surface area (Å²) in [5.74, 6) is 1.41. The predicted octanol–water partition coefficient (Wildman–Crippen LogP) is 3.74. The second kappa shape index (κ2) is 6.84. The first kappa shape index (κ1) is 16.1. The molecule has 0 aliphatic rings. The van der Waals surface area contributed by atoms with Crippen LogP contribution >= 0.6 is 0 Å². The first-order valence-corrected chi connectivity index (χ1v) is 8.37. The number of benzene rings is 2. The molecule has 0 aliphatic carbocycles. The van der Waals surface area contributed by atoms with Crippen LogP contribution in [-0.4, -0.2) is 26.9 Å². The molecule has 1 N–H and O–H groups in total. The van der Waals surface area contributed by atoms with Gasteiger partial charge < -0.3 is 10.1 Å². The SMILES string of the molecule is COc1ccc(CNc2ncc3cnn(-c4cccc(C)c4)c3n2)cc1. The van der Waals surface area contributed by atoms with E-state index >= 15 is 0 Å². The number of fused-ring (bicyclic) bond motifs is 1. The van der Waals surface area contributed by atoms with Crippen LogP contribution in [0, 0.1) is 6.92 Å². The summed E-state index contributed by atoms with van der Waals surface area (Å²) in [6.45, 7) is 2.69. The van der Waals surface area contributed by atoms with Crippen molar-refractivity contribution in [2.75, 3.05) is 12.4 Å². The third-order valence-corrected chi connectivity index (χ3v) is 4.16. The van der Waals surface area contributed by atoms with Gasteiger partial charge in [-0.3, -0.25) is 0 Å². The van der Waals surface area contributed by atoms with Crippen molar-refractivity contribution < 1.29 is 4.74 Å². The molecule has 26 heavy (non-hydrogen) atoms. The molecule has 0 aliphatic heterocycles. The summed E-state index contributed by atoms with van der Waals surface area (Å²) in [4.78, 5) is 9.02. The highest BCUT2D eigenvalue weighted by atomic mass is 16.5. The minimum Gasteiger partial charge on any atom is -0.497 e. The molecule has 0 amide bonds. The van der Waals surface area contributed by atoms with Crippen molar-refractivity contribution in [3.63, 3.8) is 0 Å². The van der Waals surface area contributed by atoms with Gasteiger partial charge in [-0.25, -0.2) is 9.67 Å². The maximum absolute atomic E-state index is 5.18. The van der Waals surface area contributed by atoms with Crippen LogP contribution in [0.5, 0.6) is 5.75 Å². The molecule has 2 aromatic heterocycles. The summed E-state index contributed by atoms with van der Waals surface area (Å²) in [5.41, 5.74) is 4.07. The smallest absolute Gasteiger partial charge is 0.224 e. The molecular weight excluding hydrogens is 326 g/mol. The summed E-state index contributed by atoms with van der Waals surface area (Å²) in [6, 6.07) is 16.1. The van der Waals surface area contributed by atoms with Crippen molar-refractivity contribution in [1.82, 2.24) is 19.7 Å². The van der Waals surface area contributed by atoms with Gasteiger partial charge in [-0.15, -0.1) is 0 Å². The van der Waals surface area contributed by atoms with Crippen LogP contribution in [0.3, 0.4) is 0 Å². The van der Waals surface area contributed by atoms with E-state index in [0.29, 0.717) is 12.5 Å². The Balaban J connectivity index is 1.59. The molecule has 6 nitrogen and oxygen atoms in total. The fourth-order valence-electron chi connectivity index (χ4n) is 2.78. The van der Waals surface area contributed by atoms with Gasteiger partial charge in [0.1, 0.15) is 5.75 Å². The number of nitrogens with one attached hydrogen (secondary N) is 1. The zero-order valence-corrected chi connectivity index (χ0v) is 14.7. The van der Waals surface area contributed by atoms with Gasteiger partial charge in [-0.05, 0) is 42.3 Å². The standard InChI is InChI=1S/C20H19N5O/c1-14-4-3-5-17(10-14)25-19-16(13-23-25)12-22-20(24-19)21-11-15-6-8-18(26-2)9-7-15/h3-10,12-13H,11H2,1-2H3,(H,21,22,24). The highest BCUT2D eigenvalue weighted by Crippen LogP contribution is 2.18. The molecule has 0 radical (unpaired) electrons. The third-order valence-electron chi connectivity index (χ3n) is 4.16. The van der Waals surface area contributed by atoms with Crippen LogP contribution in [-0.2, 0) is 6.54 Å². The second-order valence-electron chi connectivity index (χ2n) is 6.07. The average Bonchev–Trinajstić information content (AvgIpc) is 3.10. The van der Waals surface area contributed by atoms with E-state index in [1.54, 1.807) is 19.5 Å². The Bertz CT molecular complexity index is 1040. The summed E-state index contributed by atoms with van der Waals surface area (Å²) in [5, 5.41) is 8.63. The van der Waals surface area contributed by atoms with E-state index < -0.39 is 0 Å². The van der Waals surface area contributed by atoms with E-state index in [1.165, 1.54) is 5.56 Å². The minimum atomic E-state index is 0.572. The molecular formula is C20H19N5O. The maximum Gasteiger partial charge on any atom is 0.224 e. The van der Waals surface area contributed by atoms with Crippen molar-refractivity contribution in [2.24, 2.45) is 0 Å². The number of rotatable bonds is 5. The Labute approximate surface area is 151 Å². The number of methoxy groups -OCH3 is 1. The molecule has 2 aromatic carbocycles. The topological polar surface area (TPSA) is 64.9 Å². The Kier molecular flexibility index (Phi) is 4.23. The zero-order valence-electron chi connectivity index (χ0n) is 14.7. The molecule has 2 heterocycles. The lowest BCUT2D eigenvalue weighted by Crippen LogP contribution is -2.05. The molecule has 0 unspecified atom stereocenters. The summed E-state index contributed by atoms with van der Waals surface area (Å²) in [6.07, 6.45) is 3.57. The molecule has 0 saturated heterocycles. The monoisotopic (exact) mass is 345 g/mol. The Morgan fingerprint density at radius 1 is 1.08 bits per heavy atom. The molecule has 6 heteroatoms. The molecule has 0 fully saturated rings. The van der Waals surface area contributed by atoms with E-state index in [0.717, 1.165) is 28.0 Å². The Hall–Kier alpha value is -3.41. The van der Waals surface area contributed by atoms with Crippen LogP contribution in [0.4, 0.5) is 5.95 Å². The molecule has 0 atom stereocenters. The number of ether oxygens (including phenoxy) is 1. The Morgan fingerprint density at radius 2 is 1.92 bits per heavy atom. The lowest BCUT2D eigenvalue weighted by Gasteiger charge is -2.07. The fraction of sp³-hybridized carbons (Fsp3) is 0.150. The van der Waals surface area contributed by atoms with E-state index in [1.807, 2.05) is 41.1 Å². The van der Waals surface area contributed by atoms with Crippen molar-refractivity contribution >= 4 is 17.0 Å². The van der Waals surface area contributed by atoms with E-state index in [9.17, 15) is 0 Å². The molecule has 130 valence electrons. The highest BCUT2D eigenvalue weighted by molar-refractivity contribution is 5.76. The van der Waals surface area contributed by atoms with Crippen LogP contribution in [0.25, 0.3) is 16.7 Å². The van der Waals surface area contributed by atoms with Crippen LogP contribution < -0.4 is 10.1 Å². The largest absolute Gasteiger partial charge is 0.497 e. The molecule has 0 saturated carbocycles. The van der Waals surface area contributed by atoms with Gasteiger partial charge >= 0.3 is 0 Å². The number of nitrogens with zero attached hydrogens (tertiary/aromatic N) is 4.